The molecule has 0 fully saturated rings. The van der Waals surface area contributed by atoms with Crippen molar-refractivity contribution in [2.45, 2.75) is 33.2 Å². The van der Waals surface area contributed by atoms with Crippen molar-refractivity contribution >= 4 is 28.6 Å². The van der Waals surface area contributed by atoms with E-state index in [0.29, 0.717) is 6.04 Å². The third kappa shape index (κ3) is 3.06. The van der Waals surface area contributed by atoms with Crippen molar-refractivity contribution in [3.05, 3.63) is 50.7 Å². The van der Waals surface area contributed by atoms with E-state index in [1.165, 1.54) is 9.75 Å². The average molecular weight is 280 g/mol. The van der Waals surface area contributed by atoms with Gasteiger partial charge in [-0.3, -0.25) is 0 Å². The highest BCUT2D eigenvalue weighted by atomic mass is 35.5. The summed E-state index contributed by atoms with van der Waals surface area (Å²) in [6.07, 6.45) is 1.10. The Morgan fingerprint density at radius 3 is 2.67 bits per heavy atom. The molecule has 1 unspecified atom stereocenters. The van der Waals surface area contributed by atoms with Crippen LogP contribution in [0, 0.1) is 6.92 Å². The first kappa shape index (κ1) is 13.4. The fraction of sp³-hybridized carbons (Fsp3) is 0.333. The van der Waals surface area contributed by atoms with E-state index in [0.717, 1.165) is 22.7 Å². The summed E-state index contributed by atoms with van der Waals surface area (Å²) in [5, 5.41) is 4.30. The van der Waals surface area contributed by atoms with E-state index in [2.05, 4.69) is 37.4 Å². The molecule has 1 aromatic carbocycles. The molecule has 3 heteroatoms. The number of hydrogen-bond donors (Lipinski definition) is 1. The van der Waals surface area contributed by atoms with Crippen LogP contribution in [0.5, 0.6) is 0 Å². The van der Waals surface area contributed by atoms with Gasteiger partial charge in [0.2, 0.25) is 0 Å². The first-order chi connectivity index (χ1) is 8.60. The van der Waals surface area contributed by atoms with Crippen LogP contribution in [0.25, 0.3) is 0 Å². The summed E-state index contributed by atoms with van der Waals surface area (Å²) in [4.78, 5) is 2.80. The maximum absolute atomic E-state index is 6.13. The number of nitrogens with one attached hydrogen (secondary N) is 1. The zero-order chi connectivity index (χ0) is 13.1. The molecule has 2 aromatic rings. The number of thiophene rings is 1. The fourth-order valence-corrected chi connectivity index (χ4v) is 2.96. The summed E-state index contributed by atoms with van der Waals surface area (Å²) in [7, 11) is 0. The van der Waals surface area contributed by atoms with Gasteiger partial charge in [0.15, 0.2) is 0 Å². The van der Waals surface area contributed by atoms with Crippen LogP contribution in [0.4, 0.5) is 5.69 Å². The molecule has 0 radical (unpaired) electrons. The molecule has 0 aliphatic heterocycles. The van der Waals surface area contributed by atoms with Crippen LogP contribution in [0.2, 0.25) is 5.02 Å². The molecule has 1 nitrogen and oxygen atoms in total. The van der Waals surface area contributed by atoms with Gasteiger partial charge < -0.3 is 5.32 Å². The van der Waals surface area contributed by atoms with Crippen LogP contribution < -0.4 is 5.32 Å². The van der Waals surface area contributed by atoms with Gasteiger partial charge >= 0.3 is 0 Å². The zero-order valence-electron chi connectivity index (χ0n) is 11.0. The third-order valence-corrected chi connectivity index (χ3v) is 4.83. The maximum atomic E-state index is 6.13. The normalized spacial score (nSPS) is 12.4. The van der Waals surface area contributed by atoms with Crippen LogP contribution in [0.1, 0.15) is 35.2 Å². The first-order valence-corrected chi connectivity index (χ1v) is 7.41. The number of hydrogen-bond acceptors (Lipinski definition) is 2. The van der Waals surface area contributed by atoms with E-state index in [-0.39, 0.29) is 0 Å². The van der Waals surface area contributed by atoms with Gasteiger partial charge in [-0.15, -0.1) is 11.3 Å². The molecule has 1 atom stereocenters. The van der Waals surface area contributed by atoms with E-state index >= 15 is 0 Å². The van der Waals surface area contributed by atoms with Crippen molar-refractivity contribution in [3.63, 3.8) is 0 Å². The maximum Gasteiger partial charge on any atom is 0.0578 e. The molecule has 1 aromatic heterocycles. The summed E-state index contributed by atoms with van der Waals surface area (Å²) < 4.78 is 0. The Labute approximate surface area is 118 Å². The summed E-state index contributed by atoms with van der Waals surface area (Å²) in [5.74, 6) is 0. The number of halogens is 1. The molecule has 2 rings (SSSR count). The van der Waals surface area contributed by atoms with Gasteiger partial charge in [0, 0.05) is 20.5 Å². The molecule has 1 heterocycles. The van der Waals surface area contributed by atoms with Crippen molar-refractivity contribution in [2.24, 2.45) is 0 Å². The Bertz CT molecular complexity index is 533. The SMILES string of the molecule is CCc1ccc(C(C)Nc2ccc(C)c(Cl)c2)s1. The molecule has 0 aliphatic carbocycles. The molecule has 0 amide bonds. The summed E-state index contributed by atoms with van der Waals surface area (Å²) in [6.45, 7) is 6.38. The number of benzene rings is 1. The van der Waals surface area contributed by atoms with Crippen molar-refractivity contribution in [1.29, 1.82) is 0 Å². The molecular weight excluding hydrogens is 262 g/mol. The highest BCUT2D eigenvalue weighted by Gasteiger charge is 2.08. The van der Waals surface area contributed by atoms with Gasteiger partial charge in [0.05, 0.1) is 6.04 Å². The van der Waals surface area contributed by atoms with Gasteiger partial charge in [-0.25, -0.2) is 0 Å². The minimum Gasteiger partial charge on any atom is -0.378 e. The average Bonchev–Trinajstić information content (AvgIpc) is 2.82. The molecule has 96 valence electrons. The van der Waals surface area contributed by atoms with Crippen LogP contribution in [-0.2, 0) is 6.42 Å². The first-order valence-electron chi connectivity index (χ1n) is 6.21. The number of rotatable bonds is 4. The second kappa shape index (κ2) is 5.77. The quantitative estimate of drug-likeness (QED) is 0.785. The highest BCUT2D eigenvalue weighted by molar-refractivity contribution is 7.12. The number of aryl methyl sites for hydroxylation is 2. The van der Waals surface area contributed by atoms with Gasteiger partial charge in [-0.05, 0) is 50.1 Å². The van der Waals surface area contributed by atoms with Crippen molar-refractivity contribution in [1.82, 2.24) is 0 Å². The second-order valence-electron chi connectivity index (χ2n) is 4.49. The van der Waals surface area contributed by atoms with E-state index in [4.69, 9.17) is 11.6 Å². The lowest BCUT2D eigenvalue weighted by Gasteiger charge is -2.14. The third-order valence-electron chi connectivity index (χ3n) is 3.01. The van der Waals surface area contributed by atoms with Crippen molar-refractivity contribution in [2.75, 3.05) is 5.32 Å². The van der Waals surface area contributed by atoms with Crippen molar-refractivity contribution in [3.8, 4) is 0 Å². The Kier molecular flexibility index (Phi) is 4.31. The van der Waals surface area contributed by atoms with Crippen LogP contribution in [-0.4, -0.2) is 0 Å². The van der Waals surface area contributed by atoms with Gasteiger partial charge in [0.25, 0.3) is 0 Å². The summed E-state index contributed by atoms with van der Waals surface area (Å²) >= 11 is 8.00. The van der Waals surface area contributed by atoms with E-state index in [1.54, 1.807) is 0 Å². The summed E-state index contributed by atoms with van der Waals surface area (Å²) in [5.41, 5.74) is 2.18. The van der Waals surface area contributed by atoms with E-state index in [9.17, 15) is 0 Å². The van der Waals surface area contributed by atoms with Gasteiger partial charge in [-0.1, -0.05) is 24.6 Å². The molecule has 0 saturated carbocycles. The Morgan fingerprint density at radius 1 is 1.28 bits per heavy atom. The van der Waals surface area contributed by atoms with Crippen LogP contribution in [0.3, 0.4) is 0 Å². The molecular formula is C15H18ClNS. The lowest BCUT2D eigenvalue weighted by atomic mass is 10.2. The largest absolute Gasteiger partial charge is 0.378 e. The predicted octanol–water partition coefficient (Wildman–Crippen LogP) is 5.45. The molecule has 0 saturated heterocycles. The minimum absolute atomic E-state index is 0.314. The molecule has 0 bridgehead atoms. The fourth-order valence-electron chi connectivity index (χ4n) is 1.82. The Morgan fingerprint density at radius 2 is 2.06 bits per heavy atom. The van der Waals surface area contributed by atoms with Crippen LogP contribution >= 0.6 is 22.9 Å². The Balaban J connectivity index is 2.10. The zero-order valence-corrected chi connectivity index (χ0v) is 12.5. The predicted molar refractivity (Wildman–Crippen MR) is 81.9 cm³/mol. The van der Waals surface area contributed by atoms with E-state index in [1.807, 2.05) is 30.4 Å². The molecule has 18 heavy (non-hydrogen) atoms. The van der Waals surface area contributed by atoms with Gasteiger partial charge in [-0.2, -0.15) is 0 Å². The lowest BCUT2D eigenvalue weighted by molar-refractivity contribution is 0.908. The Hall–Kier alpha value is -0.990. The number of anilines is 1. The monoisotopic (exact) mass is 279 g/mol. The topological polar surface area (TPSA) is 12.0 Å². The molecule has 0 spiro atoms. The van der Waals surface area contributed by atoms with E-state index < -0.39 is 0 Å². The molecule has 0 aliphatic rings. The van der Waals surface area contributed by atoms with Gasteiger partial charge in [0.1, 0.15) is 0 Å². The smallest absolute Gasteiger partial charge is 0.0578 e. The lowest BCUT2D eigenvalue weighted by Crippen LogP contribution is -2.04. The minimum atomic E-state index is 0.314. The summed E-state index contributed by atoms with van der Waals surface area (Å²) in [6, 6.07) is 10.8. The highest BCUT2D eigenvalue weighted by Crippen LogP contribution is 2.28. The standard InChI is InChI=1S/C15H18ClNS/c1-4-13-7-8-15(18-13)11(3)17-12-6-5-10(2)14(16)9-12/h5-9,11,17H,4H2,1-3H3. The van der Waals surface area contributed by atoms with Crippen molar-refractivity contribution < 1.29 is 0 Å². The molecule has 1 N–H and O–H groups in total. The van der Waals surface area contributed by atoms with Crippen LogP contribution in [0.15, 0.2) is 30.3 Å². The second-order valence-corrected chi connectivity index (χ2v) is 6.09.